The van der Waals surface area contributed by atoms with Gasteiger partial charge in [0.1, 0.15) is 23.5 Å². The molecule has 0 saturated carbocycles. The second-order valence-corrected chi connectivity index (χ2v) is 5.83. The average Bonchev–Trinajstić information content (AvgIpc) is 2.85. The molecule has 0 radical (unpaired) electrons. The lowest BCUT2D eigenvalue weighted by Gasteiger charge is -2.34. The third-order valence-electron chi connectivity index (χ3n) is 4.12. The van der Waals surface area contributed by atoms with Crippen LogP contribution in [0.25, 0.3) is 0 Å². The van der Waals surface area contributed by atoms with Gasteiger partial charge in [-0.1, -0.05) is 0 Å². The second kappa shape index (κ2) is 6.14. The molecule has 0 spiro atoms. The van der Waals surface area contributed by atoms with Crippen molar-refractivity contribution in [2.45, 2.75) is 33.2 Å². The Morgan fingerprint density at radius 1 is 1.41 bits per heavy atom. The molecule has 6 nitrogen and oxygen atoms in total. The van der Waals surface area contributed by atoms with Gasteiger partial charge in [0, 0.05) is 25.8 Å². The summed E-state index contributed by atoms with van der Waals surface area (Å²) in [6, 6.07) is 5.88. The van der Waals surface area contributed by atoms with Crippen LogP contribution in [0, 0.1) is 31.1 Å². The summed E-state index contributed by atoms with van der Waals surface area (Å²) in [7, 11) is 0. The SMILES string of the molecule is Cc1nc(C)n(C[C@@H]2CCCN(c3ncccc3C#N)C2)n1. The fourth-order valence-corrected chi connectivity index (χ4v) is 3.12. The van der Waals surface area contributed by atoms with Crippen LogP contribution < -0.4 is 4.90 Å². The Morgan fingerprint density at radius 2 is 2.27 bits per heavy atom. The molecule has 1 atom stereocenters. The zero-order chi connectivity index (χ0) is 15.5. The van der Waals surface area contributed by atoms with Crippen LogP contribution in [-0.4, -0.2) is 32.8 Å². The fraction of sp³-hybridized carbons (Fsp3) is 0.500. The number of aryl methyl sites for hydroxylation is 2. The van der Waals surface area contributed by atoms with Gasteiger partial charge in [-0.15, -0.1) is 0 Å². The number of pyridine rings is 1. The van der Waals surface area contributed by atoms with E-state index in [-0.39, 0.29) is 0 Å². The van der Waals surface area contributed by atoms with Crippen LogP contribution >= 0.6 is 0 Å². The van der Waals surface area contributed by atoms with Gasteiger partial charge in [-0.2, -0.15) is 10.4 Å². The van der Waals surface area contributed by atoms with E-state index in [1.165, 1.54) is 6.42 Å². The maximum atomic E-state index is 9.25. The van der Waals surface area contributed by atoms with Gasteiger partial charge in [0.15, 0.2) is 0 Å². The Kier molecular flexibility index (Phi) is 4.05. The van der Waals surface area contributed by atoms with Crippen molar-refractivity contribution >= 4 is 5.82 Å². The summed E-state index contributed by atoms with van der Waals surface area (Å²) in [4.78, 5) is 11.0. The van der Waals surface area contributed by atoms with Gasteiger partial charge in [0.05, 0.1) is 5.56 Å². The maximum absolute atomic E-state index is 9.25. The molecule has 114 valence electrons. The number of hydrogen-bond acceptors (Lipinski definition) is 5. The smallest absolute Gasteiger partial charge is 0.147 e. The minimum atomic E-state index is 0.502. The molecular weight excluding hydrogens is 276 g/mol. The Labute approximate surface area is 130 Å². The summed E-state index contributed by atoms with van der Waals surface area (Å²) in [5.41, 5.74) is 0.649. The third-order valence-corrected chi connectivity index (χ3v) is 4.12. The summed E-state index contributed by atoms with van der Waals surface area (Å²) < 4.78 is 1.99. The van der Waals surface area contributed by atoms with E-state index in [1.807, 2.05) is 30.7 Å². The molecule has 1 fully saturated rings. The van der Waals surface area contributed by atoms with Crippen molar-refractivity contribution in [3.8, 4) is 6.07 Å². The number of nitriles is 1. The third kappa shape index (κ3) is 2.93. The number of anilines is 1. The van der Waals surface area contributed by atoms with Crippen LogP contribution in [0.15, 0.2) is 18.3 Å². The minimum Gasteiger partial charge on any atom is -0.355 e. The first-order valence-corrected chi connectivity index (χ1v) is 7.65. The van der Waals surface area contributed by atoms with E-state index in [2.05, 4.69) is 26.0 Å². The first-order valence-electron chi connectivity index (χ1n) is 7.65. The predicted molar refractivity (Wildman–Crippen MR) is 83.4 cm³/mol. The van der Waals surface area contributed by atoms with Crippen LogP contribution in [0.4, 0.5) is 5.82 Å². The highest BCUT2D eigenvalue weighted by molar-refractivity contribution is 5.53. The average molecular weight is 296 g/mol. The van der Waals surface area contributed by atoms with Crippen molar-refractivity contribution in [1.29, 1.82) is 5.26 Å². The molecule has 3 heterocycles. The summed E-state index contributed by atoms with van der Waals surface area (Å²) in [6.07, 6.45) is 4.03. The van der Waals surface area contributed by atoms with Gasteiger partial charge >= 0.3 is 0 Å². The standard InChI is InChI=1S/C16H20N6/c1-12-19-13(2)22(20-12)11-14-5-4-8-21(10-14)16-15(9-17)6-3-7-18-16/h3,6-7,14H,4-5,8,10-11H2,1-2H3/t14-/m1/s1. The zero-order valence-electron chi connectivity index (χ0n) is 13.0. The molecule has 1 aliphatic rings. The lowest BCUT2D eigenvalue weighted by Crippen LogP contribution is -2.38. The quantitative estimate of drug-likeness (QED) is 0.867. The lowest BCUT2D eigenvalue weighted by molar-refractivity contribution is 0.346. The van der Waals surface area contributed by atoms with E-state index in [9.17, 15) is 5.26 Å². The molecule has 0 aromatic carbocycles. The topological polar surface area (TPSA) is 70.6 Å². The normalized spacial score (nSPS) is 18.2. The molecular formula is C16H20N6. The van der Waals surface area contributed by atoms with Crippen LogP contribution in [0.5, 0.6) is 0 Å². The van der Waals surface area contributed by atoms with E-state index >= 15 is 0 Å². The first kappa shape index (κ1) is 14.5. The molecule has 0 N–H and O–H groups in total. The van der Waals surface area contributed by atoms with Crippen LogP contribution in [-0.2, 0) is 6.54 Å². The van der Waals surface area contributed by atoms with Gasteiger partial charge < -0.3 is 4.90 Å². The summed E-state index contributed by atoms with van der Waals surface area (Å²) in [5, 5.41) is 13.7. The van der Waals surface area contributed by atoms with E-state index in [1.54, 1.807) is 6.20 Å². The van der Waals surface area contributed by atoms with Gasteiger partial charge in [-0.25, -0.2) is 14.6 Å². The molecule has 0 bridgehead atoms. The molecule has 6 heteroatoms. The molecule has 3 rings (SSSR count). The van der Waals surface area contributed by atoms with Crippen molar-refractivity contribution in [1.82, 2.24) is 19.7 Å². The van der Waals surface area contributed by atoms with Gasteiger partial charge in [-0.05, 0) is 44.7 Å². The Morgan fingerprint density at radius 3 is 3.00 bits per heavy atom. The Balaban J connectivity index is 1.74. The highest BCUT2D eigenvalue weighted by Crippen LogP contribution is 2.25. The van der Waals surface area contributed by atoms with E-state index in [0.29, 0.717) is 11.5 Å². The summed E-state index contributed by atoms with van der Waals surface area (Å²) in [6.45, 7) is 6.65. The summed E-state index contributed by atoms with van der Waals surface area (Å²) >= 11 is 0. The molecule has 0 aliphatic carbocycles. The van der Waals surface area contributed by atoms with E-state index < -0.39 is 0 Å². The minimum absolute atomic E-state index is 0.502. The molecule has 2 aromatic rings. The van der Waals surface area contributed by atoms with Crippen molar-refractivity contribution in [3.63, 3.8) is 0 Å². The molecule has 0 unspecified atom stereocenters. The number of rotatable bonds is 3. The predicted octanol–water partition coefficient (Wildman–Crippen LogP) is 2.08. The van der Waals surface area contributed by atoms with Crippen LogP contribution in [0.3, 0.4) is 0 Å². The first-order chi connectivity index (χ1) is 10.7. The van der Waals surface area contributed by atoms with Crippen LogP contribution in [0.2, 0.25) is 0 Å². The maximum Gasteiger partial charge on any atom is 0.147 e. The van der Waals surface area contributed by atoms with Crippen molar-refractivity contribution in [2.75, 3.05) is 18.0 Å². The monoisotopic (exact) mass is 296 g/mol. The number of nitrogens with zero attached hydrogens (tertiary/aromatic N) is 6. The Hall–Kier alpha value is -2.42. The highest BCUT2D eigenvalue weighted by Gasteiger charge is 2.23. The van der Waals surface area contributed by atoms with Crippen molar-refractivity contribution in [3.05, 3.63) is 35.5 Å². The Bertz CT molecular complexity index is 699. The molecule has 22 heavy (non-hydrogen) atoms. The van der Waals surface area contributed by atoms with E-state index in [4.69, 9.17) is 0 Å². The molecule has 0 amide bonds. The fourth-order valence-electron chi connectivity index (χ4n) is 3.12. The largest absolute Gasteiger partial charge is 0.355 e. The van der Waals surface area contributed by atoms with Gasteiger partial charge in [0.2, 0.25) is 0 Å². The highest BCUT2D eigenvalue weighted by atomic mass is 15.3. The number of aromatic nitrogens is 4. The van der Waals surface area contributed by atoms with Crippen LogP contribution in [0.1, 0.15) is 30.1 Å². The van der Waals surface area contributed by atoms with Gasteiger partial charge in [0.25, 0.3) is 0 Å². The second-order valence-electron chi connectivity index (χ2n) is 5.83. The number of piperidine rings is 1. The molecule has 1 saturated heterocycles. The zero-order valence-corrected chi connectivity index (χ0v) is 13.0. The van der Waals surface area contributed by atoms with Crippen molar-refractivity contribution < 1.29 is 0 Å². The van der Waals surface area contributed by atoms with E-state index in [0.717, 1.165) is 43.5 Å². The van der Waals surface area contributed by atoms with Crippen molar-refractivity contribution in [2.24, 2.45) is 5.92 Å². The molecule has 1 aliphatic heterocycles. The summed E-state index contributed by atoms with van der Waals surface area (Å²) in [5.74, 6) is 3.09. The lowest BCUT2D eigenvalue weighted by atomic mass is 9.97. The van der Waals surface area contributed by atoms with Gasteiger partial charge in [-0.3, -0.25) is 0 Å². The number of hydrogen-bond donors (Lipinski definition) is 0. The molecule has 2 aromatic heterocycles.